The molecule has 1 heterocycles. The number of hydrogen-bond acceptors (Lipinski definition) is 3. The maximum atomic E-state index is 5.71. The Balaban J connectivity index is 2.29. The molecule has 0 spiro atoms. The maximum absolute atomic E-state index is 5.71. The van der Waals surface area contributed by atoms with Crippen LogP contribution in [0.25, 0.3) is 22.2 Å². The Labute approximate surface area is 105 Å². The summed E-state index contributed by atoms with van der Waals surface area (Å²) in [4.78, 5) is 0. The van der Waals surface area contributed by atoms with Gasteiger partial charge in [-0.1, -0.05) is 41.6 Å². The Kier molecular flexibility index (Phi) is 2.61. The number of hydrogen-bond donors (Lipinski definition) is 1. The lowest BCUT2D eigenvalue weighted by Crippen LogP contribution is -1.95. The summed E-state index contributed by atoms with van der Waals surface area (Å²) in [6, 6.07) is 14.1. The minimum Gasteiger partial charge on any atom is -0.355 e. The highest BCUT2D eigenvalue weighted by Gasteiger charge is 2.13. The standard InChI is InChI=1S/C15H14N2O/c1-10-5-2-3-7-12(10)14-13-8-4-6-11(9-16)15(13)18-17-14/h2-8H,9,16H2,1H3. The average molecular weight is 238 g/mol. The van der Waals surface area contributed by atoms with Gasteiger partial charge in [0.2, 0.25) is 0 Å². The first-order valence-corrected chi connectivity index (χ1v) is 5.94. The van der Waals surface area contributed by atoms with Crippen molar-refractivity contribution in [2.45, 2.75) is 13.5 Å². The lowest BCUT2D eigenvalue weighted by atomic mass is 10.0. The van der Waals surface area contributed by atoms with Gasteiger partial charge in [0.25, 0.3) is 0 Å². The molecule has 0 saturated carbocycles. The first-order chi connectivity index (χ1) is 8.81. The second kappa shape index (κ2) is 4.27. The molecule has 0 atom stereocenters. The van der Waals surface area contributed by atoms with Gasteiger partial charge in [0.15, 0.2) is 5.58 Å². The molecule has 0 bridgehead atoms. The molecule has 90 valence electrons. The van der Waals surface area contributed by atoms with Crippen molar-refractivity contribution in [2.75, 3.05) is 0 Å². The smallest absolute Gasteiger partial charge is 0.171 e. The number of rotatable bonds is 2. The third-order valence-corrected chi connectivity index (χ3v) is 3.20. The van der Waals surface area contributed by atoms with Gasteiger partial charge in [-0.2, -0.15) is 0 Å². The van der Waals surface area contributed by atoms with Crippen LogP contribution in [0.5, 0.6) is 0 Å². The second-order valence-electron chi connectivity index (χ2n) is 4.34. The fourth-order valence-electron chi connectivity index (χ4n) is 2.21. The van der Waals surface area contributed by atoms with Crippen LogP contribution in [-0.2, 0) is 6.54 Å². The van der Waals surface area contributed by atoms with Crippen molar-refractivity contribution in [1.82, 2.24) is 5.16 Å². The predicted molar refractivity (Wildman–Crippen MR) is 72.1 cm³/mol. The molecule has 1 aromatic heterocycles. The number of nitrogens with two attached hydrogens (primary N) is 1. The molecule has 0 unspecified atom stereocenters. The van der Waals surface area contributed by atoms with E-state index in [2.05, 4.69) is 24.2 Å². The van der Waals surface area contributed by atoms with Crippen LogP contribution in [0.1, 0.15) is 11.1 Å². The maximum Gasteiger partial charge on any atom is 0.171 e. The van der Waals surface area contributed by atoms with E-state index in [0.717, 1.165) is 27.8 Å². The van der Waals surface area contributed by atoms with E-state index >= 15 is 0 Å². The normalized spacial score (nSPS) is 11.0. The number of fused-ring (bicyclic) bond motifs is 1. The Hall–Kier alpha value is -2.13. The predicted octanol–water partition coefficient (Wildman–Crippen LogP) is 3.26. The summed E-state index contributed by atoms with van der Waals surface area (Å²) in [6.45, 7) is 2.53. The van der Waals surface area contributed by atoms with E-state index in [0.29, 0.717) is 6.54 Å². The Morgan fingerprint density at radius 1 is 1.11 bits per heavy atom. The monoisotopic (exact) mass is 238 g/mol. The molecule has 3 heteroatoms. The molecule has 3 nitrogen and oxygen atoms in total. The molecule has 0 aliphatic carbocycles. The van der Waals surface area contributed by atoms with Crippen molar-refractivity contribution in [3.63, 3.8) is 0 Å². The van der Waals surface area contributed by atoms with Crippen LogP contribution in [0, 0.1) is 6.92 Å². The average Bonchev–Trinajstić information content (AvgIpc) is 2.83. The van der Waals surface area contributed by atoms with Crippen LogP contribution >= 0.6 is 0 Å². The number of nitrogens with zero attached hydrogens (tertiary/aromatic N) is 1. The minimum atomic E-state index is 0.458. The fraction of sp³-hybridized carbons (Fsp3) is 0.133. The van der Waals surface area contributed by atoms with E-state index in [1.54, 1.807) is 0 Å². The first kappa shape index (κ1) is 11.0. The van der Waals surface area contributed by atoms with Gasteiger partial charge in [0.05, 0.1) is 5.39 Å². The summed E-state index contributed by atoms with van der Waals surface area (Å²) < 4.78 is 5.45. The van der Waals surface area contributed by atoms with E-state index in [1.807, 2.05) is 30.3 Å². The third kappa shape index (κ3) is 1.60. The molecule has 0 radical (unpaired) electrons. The van der Waals surface area contributed by atoms with Gasteiger partial charge in [0.1, 0.15) is 5.69 Å². The van der Waals surface area contributed by atoms with E-state index < -0.39 is 0 Å². The molecule has 3 aromatic rings. The van der Waals surface area contributed by atoms with Crippen LogP contribution < -0.4 is 5.73 Å². The van der Waals surface area contributed by atoms with Gasteiger partial charge in [0, 0.05) is 17.7 Å². The van der Waals surface area contributed by atoms with Gasteiger partial charge in [-0.05, 0) is 18.6 Å². The topological polar surface area (TPSA) is 52.0 Å². The minimum absolute atomic E-state index is 0.458. The molecule has 3 rings (SSSR count). The lowest BCUT2D eigenvalue weighted by Gasteiger charge is -2.01. The lowest BCUT2D eigenvalue weighted by molar-refractivity contribution is 0.457. The summed E-state index contributed by atoms with van der Waals surface area (Å²) in [5, 5.41) is 5.23. The molecule has 0 saturated heterocycles. The van der Waals surface area contributed by atoms with Crippen molar-refractivity contribution in [3.8, 4) is 11.3 Å². The number of aromatic nitrogens is 1. The van der Waals surface area contributed by atoms with Crippen molar-refractivity contribution >= 4 is 11.0 Å². The van der Waals surface area contributed by atoms with Crippen LogP contribution in [-0.4, -0.2) is 5.16 Å². The van der Waals surface area contributed by atoms with E-state index in [9.17, 15) is 0 Å². The van der Waals surface area contributed by atoms with Gasteiger partial charge in [-0.15, -0.1) is 0 Å². The van der Waals surface area contributed by atoms with Crippen molar-refractivity contribution in [2.24, 2.45) is 5.73 Å². The van der Waals surface area contributed by atoms with Crippen LogP contribution in [0.15, 0.2) is 47.0 Å². The second-order valence-corrected chi connectivity index (χ2v) is 4.34. The number of para-hydroxylation sites is 1. The molecule has 0 amide bonds. The molecule has 0 aliphatic heterocycles. The molecule has 0 fully saturated rings. The summed E-state index contributed by atoms with van der Waals surface area (Å²) in [6.07, 6.45) is 0. The fourth-order valence-corrected chi connectivity index (χ4v) is 2.21. The van der Waals surface area contributed by atoms with E-state index in [1.165, 1.54) is 5.56 Å². The SMILES string of the molecule is Cc1ccccc1-c1noc2c(CN)cccc12. The van der Waals surface area contributed by atoms with Crippen LogP contribution in [0.3, 0.4) is 0 Å². The van der Waals surface area contributed by atoms with Gasteiger partial charge in [-0.3, -0.25) is 0 Å². The molecule has 2 N–H and O–H groups in total. The largest absolute Gasteiger partial charge is 0.355 e. The molecule has 0 aliphatic rings. The Morgan fingerprint density at radius 2 is 1.94 bits per heavy atom. The van der Waals surface area contributed by atoms with Crippen molar-refractivity contribution < 1.29 is 4.52 Å². The number of benzene rings is 2. The van der Waals surface area contributed by atoms with Gasteiger partial charge >= 0.3 is 0 Å². The highest BCUT2D eigenvalue weighted by Crippen LogP contribution is 2.31. The summed E-state index contributed by atoms with van der Waals surface area (Å²) in [7, 11) is 0. The third-order valence-electron chi connectivity index (χ3n) is 3.20. The Morgan fingerprint density at radius 3 is 2.72 bits per heavy atom. The zero-order valence-corrected chi connectivity index (χ0v) is 10.2. The van der Waals surface area contributed by atoms with Crippen molar-refractivity contribution in [1.29, 1.82) is 0 Å². The van der Waals surface area contributed by atoms with Crippen LogP contribution in [0.4, 0.5) is 0 Å². The summed E-state index contributed by atoms with van der Waals surface area (Å²) in [5.41, 5.74) is 10.7. The molecular weight excluding hydrogens is 224 g/mol. The zero-order valence-electron chi connectivity index (χ0n) is 10.2. The number of aryl methyl sites for hydroxylation is 1. The van der Waals surface area contributed by atoms with Gasteiger partial charge < -0.3 is 10.3 Å². The van der Waals surface area contributed by atoms with Crippen molar-refractivity contribution in [3.05, 3.63) is 53.6 Å². The molecule has 2 aromatic carbocycles. The molecular formula is C15H14N2O. The molecule has 18 heavy (non-hydrogen) atoms. The van der Waals surface area contributed by atoms with Crippen LogP contribution in [0.2, 0.25) is 0 Å². The first-order valence-electron chi connectivity index (χ1n) is 5.94. The summed E-state index contributed by atoms with van der Waals surface area (Å²) >= 11 is 0. The van der Waals surface area contributed by atoms with Gasteiger partial charge in [-0.25, -0.2) is 0 Å². The zero-order chi connectivity index (χ0) is 12.5. The Bertz CT molecular complexity index is 701. The van der Waals surface area contributed by atoms with E-state index in [4.69, 9.17) is 10.3 Å². The van der Waals surface area contributed by atoms with E-state index in [-0.39, 0.29) is 0 Å². The highest BCUT2D eigenvalue weighted by molar-refractivity contribution is 5.93. The highest BCUT2D eigenvalue weighted by atomic mass is 16.5. The quantitative estimate of drug-likeness (QED) is 0.745. The summed E-state index contributed by atoms with van der Waals surface area (Å²) in [5.74, 6) is 0.